The van der Waals surface area contributed by atoms with E-state index in [0.717, 1.165) is 0 Å². The fourth-order valence-corrected chi connectivity index (χ4v) is 17.8. The summed E-state index contributed by atoms with van der Waals surface area (Å²) in [7, 11) is 0. The molecule has 0 spiro atoms. The number of rotatable bonds is 11. The van der Waals surface area contributed by atoms with E-state index in [-0.39, 0.29) is 0 Å². The van der Waals surface area contributed by atoms with Gasteiger partial charge in [-0.3, -0.25) is 0 Å². The molecule has 0 aliphatic rings. The zero-order chi connectivity index (χ0) is 71.2. The standard InChI is InChI=1S/C54H30.C54H38/c1-4-31-10-13-37-16-22-43(46-25-19-34(7-1)49(31)52(37)46)40-28-41(44-23-17-38-14-11-32-5-2-8-35-20-26-47(44)53(38)50(32)35)30-42(29-40)45-24-18-39-15-12-33-6-3-9-36-21-27-48(45)54(39)51(33)36;1-5-17-41(18-6-1)51(42-19-7-2-8-20-42)37-39-29-33-45(34-30-39)53-47-25-13-15-27-49(47)54(50-28-16-14-26-48(50)53)46-35-31-40(32-36-46)38-52(43-21-9-3-10-22-43)44-23-11-4-12-24-44/h1-30H;1-38H. The third kappa shape index (κ3) is 10.7. The van der Waals surface area contributed by atoms with Crippen molar-refractivity contribution in [1.82, 2.24) is 0 Å². The van der Waals surface area contributed by atoms with Crippen molar-refractivity contribution >= 4 is 142 Å². The smallest absolute Gasteiger partial charge is 0.00206 e. The van der Waals surface area contributed by atoms with Crippen molar-refractivity contribution in [3.05, 3.63) is 434 Å². The van der Waals surface area contributed by atoms with Crippen molar-refractivity contribution in [1.29, 1.82) is 0 Å². The van der Waals surface area contributed by atoms with Crippen LogP contribution in [0.4, 0.5) is 0 Å². The van der Waals surface area contributed by atoms with Crippen LogP contribution in [0.3, 0.4) is 0 Å². The molecule has 0 heterocycles. The maximum atomic E-state index is 2.44. The zero-order valence-corrected chi connectivity index (χ0v) is 59.3. The summed E-state index contributed by atoms with van der Waals surface area (Å²) in [5.41, 5.74) is 22.0. The molecule has 0 aliphatic heterocycles. The highest BCUT2D eigenvalue weighted by Crippen LogP contribution is 2.49. The average molecular weight is 1370 g/mol. The molecule has 22 aromatic rings. The molecule has 22 aromatic carbocycles. The minimum atomic E-state index is 1.17. The quantitative estimate of drug-likeness (QED) is 0.0688. The van der Waals surface area contributed by atoms with E-state index in [9.17, 15) is 0 Å². The summed E-state index contributed by atoms with van der Waals surface area (Å²) in [6, 6.07) is 147. The van der Waals surface area contributed by atoms with Crippen molar-refractivity contribution in [2.24, 2.45) is 0 Å². The summed E-state index contributed by atoms with van der Waals surface area (Å²) in [6.07, 6.45) is 4.60. The van der Waals surface area contributed by atoms with E-state index in [2.05, 4.69) is 413 Å². The van der Waals surface area contributed by atoms with E-state index >= 15 is 0 Å². The highest BCUT2D eigenvalue weighted by molar-refractivity contribution is 6.29. The third-order valence-electron chi connectivity index (χ3n) is 22.7. The minimum Gasteiger partial charge on any atom is -0.0622 e. The molecule has 0 bridgehead atoms. The zero-order valence-electron chi connectivity index (χ0n) is 59.3. The van der Waals surface area contributed by atoms with E-state index in [0.29, 0.717) is 0 Å². The third-order valence-corrected chi connectivity index (χ3v) is 22.7. The second kappa shape index (κ2) is 26.0. The highest BCUT2D eigenvalue weighted by atomic mass is 14.3. The fraction of sp³-hybridized carbons (Fsp3) is 0. The Morgan fingerprint density at radius 3 is 0.657 bits per heavy atom. The number of hydrogen-bond donors (Lipinski definition) is 0. The van der Waals surface area contributed by atoms with E-state index in [1.165, 1.54) is 219 Å². The van der Waals surface area contributed by atoms with Gasteiger partial charge in [0.2, 0.25) is 0 Å². The van der Waals surface area contributed by atoms with Gasteiger partial charge in [-0.2, -0.15) is 0 Å². The van der Waals surface area contributed by atoms with Gasteiger partial charge in [0.1, 0.15) is 0 Å². The lowest BCUT2D eigenvalue weighted by Crippen LogP contribution is -1.92. The van der Waals surface area contributed by atoms with Gasteiger partial charge in [0.05, 0.1) is 0 Å². The van der Waals surface area contributed by atoms with Gasteiger partial charge in [-0.15, -0.1) is 0 Å². The number of hydrogen-bond acceptors (Lipinski definition) is 0. The van der Waals surface area contributed by atoms with Crippen LogP contribution in [0.15, 0.2) is 400 Å². The second-order valence-electron chi connectivity index (χ2n) is 28.9. The summed E-state index contributed by atoms with van der Waals surface area (Å²) in [5.74, 6) is 0. The summed E-state index contributed by atoms with van der Waals surface area (Å²) in [5, 5.41) is 28.6. The maximum absolute atomic E-state index is 2.44. The predicted octanol–water partition coefficient (Wildman–Crippen LogP) is 29.9. The molecule has 0 saturated heterocycles. The van der Waals surface area contributed by atoms with Crippen molar-refractivity contribution in [3.63, 3.8) is 0 Å². The molecule has 0 atom stereocenters. The van der Waals surface area contributed by atoms with Crippen LogP contribution < -0.4 is 0 Å². The molecule has 0 aliphatic carbocycles. The molecule has 22 rings (SSSR count). The molecular formula is C108H68. The van der Waals surface area contributed by atoms with Crippen molar-refractivity contribution in [2.75, 3.05) is 0 Å². The van der Waals surface area contributed by atoms with Crippen LogP contribution in [0.5, 0.6) is 0 Å². The van der Waals surface area contributed by atoms with Crippen LogP contribution in [0.2, 0.25) is 0 Å². The van der Waals surface area contributed by atoms with Gasteiger partial charge in [0.15, 0.2) is 0 Å². The Bertz CT molecular complexity index is 6490. The van der Waals surface area contributed by atoms with Crippen LogP contribution in [0.25, 0.3) is 197 Å². The van der Waals surface area contributed by atoms with E-state index < -0.39 is 0 Å². The number of benzene rings is 22. The molecule has 0 N–H and O–H groups in total. The van der Waals surface area contributed by atoms with E-state index in [1.54, 1.807) is 0 Å². The van der Waals surface area contributed by atoms with E-state index in [4.69, 9.17) is 0 Å². The molecule has 0 aromatic heterocycles. The Balaban J connectivity index is 0.000000138. The Morgan fingerprint density at radius 1 is 0.157 bits per heavy atom. The second-order valence-corrected chi connectivity index (χ2v) is 28.9. The summed E-state index contributed by atoms with van der Waals surface area (Å²) >= 11 is 0. The highest BCUT2D eigenvalue weighted by Gasteiger charge is 2.22. The van der Waals surface area contributed by atoms with Crippen LogP contribution in [0.1, 0.15) is 33.4 Å². The van der Waals surface area contributed by atoms with Gasteiger partial charge in [0, 0.05) is 0 Å². The monoisotopic (exact) mass is 1360 g/mol. The SMILES string of the molecule is C(=C(c1ccccc1)c1ccccc1)c1ccc(-c2c3ccccc3c(-c3ccc(C=C(c4ccccc4)c4ccccc4)cc3)c3ccccc23)cc1.c1cc2ccc3ccc(-c4cc(-c5ccc6ccc7cccc8ccc5c6c78)cc(-c5ccc6ccc7cccc8ccc5c6c78)c4)c4ccc(c1)c2c34. The van der Waals surface area contributed by atoms with Crippen LogP contribution >= 0.6 is 0 Å². The Kier molecular flexibility index (Phi) is 15.0. The van der Waals surface area contributed by atoms with E-state index in [1.807, 2.05) is 0 Å². The van der Waals surface area contributed by atoms with Gasteiger partial charge in [0.25, 0.3) is 0 Å². The minimum absolute atomic E-state index is 1.17. The molecule has 0 saturated carbocycles. The Labute approximate surface area is 627 Å². The Hall–Kier alpha value is -14.0. The normalized spacial score (nSPS) is 11.7. The molecule has 0 unspecified atom stereocenters. The molecule has 500 valence electrons. The van der Waals surface area contributed by atoms with Crippen LogP contribution in [-0.2, 0) is 0 Å². The first-order valence-corrected chi connectivity index (χ1v) is 37.5. The molecule has 0 nitrogen and oxygen atoms in total. The van der Waals surface area contributed by atoms with Gasteiger partial charge in [-0.25, -0.2) is 0 Å². The Morgan fingerprint density at radius 2 is 0.389 bits per heavy atom. The predicted molar refractivity (Wildman–Crippen MR) is 466 cm³/mol. The largest absolute Gasteiger partial charge is 0.0622 e. The molecular weight excluding hydrogens is 1300 g/mol. The average Bonchev–Trinajstić information content (AvgIpc) is 0.736. The number of fused-ring (bicyclic) bond motifs is 2. The summed E-state index contributed by atoms with van der Waals surface area (Å²) < 4.78 is 0. The van der Waals surface area contributed by atoms with Gasteiger partial charge < -0.3 is 0 Å². The lowest BCUT2D eigenvalue weighted by atomic mass is 9.85. The first-order chi connectivity index (χ1) is 53.5. The first kappa shape index (κ1) is 62.5. The summed E-state index contributed by atoms with van der Waals surface area (Å²) in [4.78, 5) is 0. The lowest BCUT2D eigenvalue weighted by Gasteiger charge is -2.19. The van der Waals surface area contributed by atoms with Crippen LogP contribution in [-0.4, -0.2) is 0 Å². The molecule has 0 amide bonds. The lowest BCUT2D eigenvalue weighted by molar-refractivity contribution is 1.55. The van der Waals surface area contributed by atoms with Crippen LogP contribution in [0, 0.1) is 0 Å². The molecule has 0 fully saturated rings. The molecule has 0 radical (unpaired) electrons. The summed E-state index contributed by atoms with van der Waals surface area (Å²) in [6.45, 7) is 0. The fourth-order valence-electron chi connectivity index (χ4n) is 17.8. The van der Waals surface area contributed by atoms with Crippen molar-refractivity contribution < 1.29 is 0 Å². The van der Waals surface area contributed by atoms with Gasteiger partial charge in [-0.05, 0) is 249 Å². The molecule has 0 heteroatoms. The van der Waals surface area contributed by atoms with Gasteiger partial charge >= 0.3 is 0 Å². The topological polar surface area (TPSA) is 0 Å². The van der Waals surface area contributed by atoms with Gasteiger partial charge in [-0.1, -0.05) is 382 Å². The van der Waals surface area contributed by atoms with Crippen molar-refractivity contribution in [3.8, 4) is 55.6 Å². The molecule has 108 heavy (non-hydrogen) atoms. The maximum Gasteiger partial charge on any atom is -0.00206 e. The van der Waals surface area contributed by atoms with Crippen molar-refractivity contribution in [2.45, 2.75) is 0 Å². The first-order valence-electron chi connectivity index (χ1n) is 37.5.